The van der Waals surface area contributed by atoms with Crippen LogP contribution in [0.2, 0.25) is 5.02 Å². The monoisotopic (exact) mass is 381 g/mol. The van der Waals surface area contributed by atoms with Crippen molar-refractivity contribution in [2.45, 2.75) is 27.0 Å². The first-order valence-corrected chi connectivity index (χ1v) is 9.28. The normalized spacial score (nSPS) is 10.5. The zero-order valence-corrected chi connectivity index (χ0v) is 16.6. The van der Waals surface area contributed by atoms with E-state index in [1.807, 2.05) is 43.3 Å². The van der Waals surface area contributed by atoms with E-state index in [4.69, 9.17) is 21.1 Å². The fourth-order valence-electron chi connectivity index (χ4n) is 2.69. The second-order valence-corrected chi connectivity index (χ2v) is 6.98. The number of halogens is 1. The third-order valence-electron chi connectivity index (χ3n) is 4.41. The molecule has 140 valence electrons. The van der Waals surface area contributed by atoms with Crippen molar-refractivity contribution in [1.29, 1.82) is 0 Å². The van der Waals surface area contributed by atoms with Crippen molar-refractivity contribution < 1.29 is 9.47 Å². The van der Waals surface area contributed by atoms with E-state index in [2.05, 4.69) is 36.5 Å². The van der Waals surface area contributed by atoms with Crippen molar-refractivity contribution >= 4 is 17.3 Å². The van der Waals surface area contributed by atoms with Crippen LogP contribution < -0.4 is 14.8 Å². The molecule has 0 spiro atoms. The summed E-state index contributed by atoms with van der Waals surface area (Å²) in [6.45, 7) is 5.25. The molecule has 27 heavy (non-hydrogen) atoms. The van der Waals surface area contributed by atoms with Gasteiger partial charge in [-0.15, -0.1) is 0 Å². The maximum absolute atomic E-state index is 6.18. The van der Waals surface area contributed by atoms with Crippen LogP contribution in [0.1, 0.15) is 22.3 Å². The highest BCUT2D eigenvalue weighted by atomic mass is 35.5. The summed E-state index contributed by atoms with van der Waals surface area (Å²) in [6, 6.07) is 20.3. The minimum atomic E-state index is 0.510. The molecular formula is C23H24ClNO2. The molecule has 0 saturated heterocycles. The molecule has 0 aromatic heterocycles. The van der Waals surface area contributed by atoms with E-state index in [0.29, 0.717) is 13.2 Å². The molecule has 0 aliphatic rings. The summed E-state index contributed by atoms with van der Waals surface area (Å²) in [5.74, 6) is 1.46. The van der Waals surface area contributed by atoms with Crippen LogP contribution in [0.15, 0.2) is 60.7 Å². The number of hydrogen-bond donors (Lipinski definition) is 1. The number of rotatable bonds is 7. The quantitative estimate of drug-likeness (QED) is 0.531. The van der Waals surface area contributed by atoms with E-state index in [9.17, 15) is 0 Å². The largest absolute Gasteiger partial charge is 0.493 e. The highest BCUT2D eigenvalue weighted by Crippen LogP contribution is 2.29. The van der Waals surface area contributed by atoms with Crippen molar-refractivity contribution in [3.63, 3.8) is 0 Å². The van der Waals surface area contributed by atoms with Crippen LogP contribution in [0.4, 0.5) is 5.69 Å². The van der Waals surface area contributed by atoms with Crippen LogP contribution in [0.3, 0.4) is 0 Å². The van der Waals surface area contributed by atoms with E-state index >= 15 is 0 Å². The number of aryl methyl sites for hydroxylation is 2. The molecule has 1 N–H and O–H groups in total. The van der Waals surface area contributed by atoms with Gasteiger partial charge in [-0.05, 0) is 54.8 Å². The lowest BCUT2D eigenvalue weighted by Gasteiger charge is -2.13. The van der Waals surface area contributed by atoms with Gasteiger partial charge in [0.25, 0.3) is 0 Å². The molecule has 3 aromatic carbocycles. The highest BCUT2D eigenvalue weighted by Gasteiger charge is 2.07. The molecule has 3 aromatic rings. The maximum Gasteiger partial charge on any atom is 0.161 e. The lowest BCUT2D eigenvalue weighted by atomic mass is 10.1. The first-order chi connectivity index (χ1) is 13.0. The van der Waals surface area contributed by atoms with Gasteiger partial charge >= 0.3 is 0 Å². The predicted octanol–water partition coefficient (Wildman–Crippen LogP) is 6.16. The topological polar surface area (TPSA) is 30.5 Å². The zero-order valence-electron chi connectivity index (χ0n) is 15.9. The number of methoxy groups -OCH3 is 1. The second kappa shape index (κ2) is 8.83. The van der Waals surface area contributed by atoms with Gasteiger partial charge < -0.3 is 14.8 Å². The van der Waals surface area contributed by atoms with Crippen molar-refractivity contribution in [3.05, 3.63) is 87.9 Å². The lowest BCUT2D eigenvalue weighted by molar-refractivity contribution is 0.284. The summed E-state index contributed by atoms with van der Waals surface area (Å²) in [5.41, 5.74) is 5.53. The molecule has 0 aliphatic heterocycles. The van der Waals surface area contributed by atoms with Gasteiger partial charge in [-0.25, -0.2) is 0 Å². The molecule has 0 aliphatic carbocycles. The highest BCUT2D eigenvalue weighted by molar-refractivity contribution is 6.31. The minimum Gasteiger partial charge on any atom is -0.493 e. The van der Waals surface area contributed by atoms with Gasteiger partial charge in [0.1, 0.15) is 6.61 Å². The van der Waals surface area contributed by atoms with E-state index in [1.54, 1.807) is 7.11 Å². The van der Waals surface area contributed by atoms with Crippen molar-refractivity contribution in [1.82, 2.24) is 0 Å². The van der Waals surface area contributed by atoms with Gasteiger partial charge in [0.15, 0.2) is 11.5 Å². The Bertz CT molecular complexity index is 907. The van der Waals surface area contributed by atoms with E-state index in [-0.39, 0.29) is 0 Å². The molecule has 3 nitrogen and oxygen atoms in total. The third-order valence-corrected chi connectivity index (χ3v) is 4.82. The van der Waals surface area contributed by atoms with Gasteiger partial charge in [-0.1, -0.05) is 53.6 Å². The van der Waals surface area contributed by atoms with Gasteiger partial charge in [-0.2, -0.15) is 0 Å². The molecule has 0 bridgehead atoms. The Morgan fingerprint density at radius 2 is 1.59 bits per heavy atom. The summed E-state index contributed by atoms with van der Waals surface area (Å²) in [4.78, 5) is 0. The fourth-order valence-corrected chi connectivity index (χ4v) is 2.87. The summed E-state index contributed by atoms with van der Waals surface area (Å²) >= 11 is 6.18. The molecule has 0 saturated carbocycles. The number of anilines is 1. The molecule has 0 fully saturated rings. The average Bonchev–Trinajstić information content (AvgIpc) is 2.68. The standard InChI is InChI=1S/C23H24ClNO2/c1-16-4-7-18(8-5-16)15-27-22-11-9-19(12-23(22)26-3)14-25-20-10-6-17(2)21(24)13-20/h4-13,25H,14-15H2,1-3H3. The molecular weight excluding hydrogens is 358 g/mol. The van der Waals surface area contributed by atoms with Gasteiger partial charge in [0.2, 0.25) is 0 Å². The van der Waals surface area contributed by atoms with Crippen molar-refractivity contribution in [2.24, 2.45) is 0 Å². The number of hydrogen-bond acceptors (Lipinski definition) is 3. The van der Waals surface area contributed by atoms with Crippen LogP contribution >= 0.6 is 11.6 Å². The summed E-state index contributed by atoms with van der Waals surface area (Å²) in [5, 5.41) is 4.14. The second-order valence-electron chi connectivity index (χ2n) is 6.58. The summed E-state index contributed by atoms with van der Waals surface area (Å²) in [7, 11) is 1.66. The molecule has 4 heteroatoms. The van der Waals surface area contributed by atoms with E-state index in [1.165, 1.54) is 5.56 Å². The smallest absolute Gasteiger partial charge is 0.161 e. The Hall–Kier alpha value is -2.65. The van der Waals surface area contributed by atoms with Gasteiger partial charge in [0.05, 0.1) is 7.11 Å². The van der Waals surface area contributed by atoms with E-state index < -0.39 is 0 Å². The number of nitrogens with one attached hydrogen (secondary N) is 1. The number of ether oxygens (including phenoxy) is 2. The Labute approximate surface area is 165 Å². The predicted molar refractivity (Wildman–Crippen MR) is 112 cm³/mol. The van der Waals surface area contributed by atoms with Crippen molar-refractivity contribution in [3.8, 4) is 11.5 Å². The van der Waals surface area contributed by atoms with Crippen LogP contribution in [-0.2, 0) is 13.2 Å². The molecule has 0 heterocycles. The molecule has 3 rings (SSSR count). The Morgan fingerprint density at radius 3 is 2.30 bits per heavy atom. The first kappa shape index (κ1) is 19.1. The zero-order chi connectivity index (χ0) is 19.2. The number of benzene rings is 3. The first-order valence-electron chi connectivity index (χ1n) is 8.90. The Morgan fingerprint density at radius 1 is 0.852 bits per heavy atom. The Kier molecular flexibility index (Phi) is 6.25. The van der Waals surface area contributed by atoms with Gasteiger partial charge in [-0.3, -0.25) is 0 Å². The summed E-state index contributed by atoms with van der Waals surface area (Å²) < 4.78 is 11.4. The molecule has 0 radical (unpaired) electrons. The average molecular weight is 382 g/mol. The van der Waals surface area contributed by atoms with Crippen LogP contribution in [0.25, 0.3) is 0 Å². The lowest BCUT2D eigenvalue weighted by Crippen LogP contribution is -2.02. The minimum absolute atomic E-state index is 0.510. The van der Waals surface area contributed by atoms with Crippen LogP contribution in [0, 0.1) is 13.8 Å². The summed E-state index contributed by atoms with van der Waals surface area (Å²) in [6.07, 6.45) is 0. The molecule has 0 unspecified atom stereocenters. The molecule has 0 amide bonds. The third kappa shape index (κ3) is 5.18. The van der Waals surface area contributed by atoms with Crippen LogP contribution in [0.5, 0.6) is 11.5 Å². The van der Waals surface area contributed by atoms with E-state index in [0.717, 1.165) is 38.9 Å². The SMILES string of the molecule is COc1cc(CNc2ccc(C)c(Cl)c2)ccc1OCc1ccc(C)cc1. The van der Waals surface area contributed by atoms with Crippen molar-refractivity contribution in [2.75, 3.05) is 12.4 Å². The Balaban J connectivity index is 1.64. The van der Waals surface area contributed by atoms with Gasteiger partial charge in [0, 0.05) is 17.3 Å². The fraction of sp³-hybridized carbons (Fsp3) is 0.217. The molecule has 0 atom stereocenters. The van der Waals surface area contributed by atoms with Crippen LogP contribution in [-0.4, -0.2) is 7.11 Å². The maximum atomic E-state index is 6.18.